The van der Waals surface area contributed by atoms with Gasteiger partial charge in [0.2, 0.25) is 0 Å². The summed E-state index contributed by atoms with van der Waals surface area (Å²) >= 11 is 11.9. The van der Waals surface area contributed by atoms with Gasteiger partial charge >= 0.3 is 6.03 Å². The summed E-state index contributed by atoms with van der Waals surface area (Å²) in [5.41, 5.74) is 0.844. The van der Waals surface area contributed by atoms with Gasteiger partial charge < -0.3 is 4.90 Å². The first-order chi connectivity index (χ1) is 8.58. The molecule has 1 aromatic heterocycles. The minimum Gasteiger partial charge on any atom is -0.323 e. The highest BCUT2D eigenvalue weighted by Crippen LogP contribution is 2.22. The zero-order valence-electron chi connectivity index (χ0n) is 9.68. The van der Waals surface area contributed by atoms with Gasteiger partial charge in [-0.3, -0.25) is 4.57 Å². The van der Waals surface area contributed by atoms with E-state index in [1.165, 1.54) is 10.9 Å². The molecule has 0 saturated carbocycles. The Balaban J connectivity index is 2.11. The van der Waals surface area contributed by atoms with Crippen LogP contribution in [0.15, 0.2) is 36.9 Å². The van der Waals surface area contributed by atoms with Crippen LogP contribution in [0, 0.1) is 0 Å². The standard InChI is InChI=1S/C12H11Cl2N3O/c1-16(12(18)17-5-4-15-8-17)7-9-2-3-10(13)6-11(9)14/h2-6,8H,7H2,1H3. The van der Waals surface area contributed by atoms with Gasteiger partial charge in [-0.15, -0.1) is 0 Å². The van der Waals surface area contributed by atoms with Crippen LogP contribution >= 0.6 is 23.2 Å². The molecule has 0 fully saturated rings. The van der Waals surface area contributed by atoms with Crippen molar-refractivity contribution < 1.29 is 4.79 Å². The molecule has 0 bridgehead atoms. The van der Waals surface area contributed by atoms with Crippen molar-refractivity contribution in [1.82, 2.24) is 14.5 Å². The van der Waals surface area contributed by atoms with E-state index in [-0.39, 0.29) is 6.03 Å². The van der Waals surface area contributed by atoms with Gasteiger partial charge in [0.15, 0.2) is 0 Å². The van der Waals surface area contributed by atoms with Crippen LogP contribution in [0.1, 0.15) is 5.56 Å². The maximum Gasteiger partial charge on any atom is 0.329 e. The molecule has 2 aromatic rings. The lowest BCUT2D eigenvalue weighted by Crippen LogP contribution is -2.29. The van der Waals surface area contributed by atoms with Gasteiger partial charge in [0.25, 0.3) is 0 Å². The van der Waals surface area contributed by atoms with Crippen molar-refractivity contribution in [2.75, 3.05) is 7.05 Å². The van der Waals surface area contributed by atoms with Crippen LogP contribution in [0.4, 0.5) is 4.79 Å². The lowest BCUT2D eigenvalue weighted by molar-refractivity contribution is 0.208. The molecule has 94 valence electrons. The molecule has 0 saturated heterocycles. The van der Waals surface area contributed by atoms with Crippen LogP contribution in [-0.2, 0) is 6.54 Å². The molecule has 4 nitrogen and oxygen atoms in total. The second-order valence-corrected chi connectivity index (χ2v) is 4.69. The van der Waals surface area contributed by atoms with E-state index in [4.69, 9.17) is 23.2 Å². The van der Waals surface area contributed by atoms with E-state index in [1.807, 2.05) is 6.07 Å². The average Bonchev–Trinajstić information content (AvgIpc) is 2.85. The van der Waals surface area contributed by atoms with Crippen LogP contribution in [0.3, 0.4) is 0 Å². The third kappa shape index (κ3) is 2.83. The zero-order chi connectivity index (χ0) is 13.1. The Morgan fingerprint density at radius 2 is 2.22 bits per heavy atom. The fourth-order valence-electron chi connectivity index (χ4n) is 1.54. The summed E-state index contributed by atoms with van der Waals surface area (Å²) in [5.74, 6) is 0. The molecular weight excluding hydrogens is 273 g/mol. The summed E-state index contributed by atoms with van der Waals surface area (Å²) in [6.07, 6.45) is 4.62. The Morgan fingerprint density at radius 3 is 2.83 bits per heavy atom. The normalized spacial score (nSPS) is 10.4. The first-order valence-electron chi connectivity index (χ1n) is 5.25. The summed E-state index contributed by atoms with van der Waals surface area (Å²) in [6.45, 7) is 0.410. The molecule has 18 heavy (non-hydrogen) atoms. The van der Waals surface area contributed by atoms with Crippen molar-refractivity contribution in [3.8, 4) is 0 Å². The number of benzene rings is 1. The Bertz CT molecular complexity index is 554. The summed E-state index contributed by atoms with van der Waals surface area (Å²) in [5, 5.41) is 1.13. The highest BCUT2D eigenvalue weighted by molar-refractivity contribution is 6.35. The number of hydrogen-bond donors (Lipinski definition) is 0. The average molecular weight is 284 g/mol. The minimum atomic E-state index is -0.168. The van der Waals surface area contributed by atoms with Gasteiger partial charge in [0.1, 0.15) is 6.33 Å². The van der Waals surface area contributed by atoms with Crippen LogP contribution in [-0.4, -0.2) is 27.5 Å². The van der Waals surface area contributed by atoms with Crippen molar-refractivity contribution in [3.05, 3.63) is 52.5 Å². The predicted octanol–water partition coefficient (Wildman–Crippen LogP) is 3.29. The van der Waals surface area contributed by atoms with Crippen LogP contribution < -0.4 is 0 Å². The summed E-state index contributed by atoms with van der Waals surface area (Å²) in [4.78, 5) is 17.4. The highest BCUT2D eigenvalue weighted by atomic mass is 35.5. The smallest absolute Gasteiger partial charge is 0.323 e. The number of aromatic nitrogens is 2. The van der Waals surface area contributed by atoms with Crippen molar-refractivity contribution >= 4 is 29.2 Å². The van der Waals surface area contributed by atoms with Crippen LogP contribution in [0.2, 0.25) is 10.0 Å². The lowest BCUT2D eigenvalue weighted by Gasteiger charge is -2.18. The highest BCUT2D eigenvalue weighted by Gasteiger charge is 2.12. The molecule has 0 radical (unpaired) electrons. The Labute approximate surface area is 115 Å². The summed E-state index contributed by atoms with van der Waals surface area (Å²) in [6, 6.07) is 5.05. The van der Waals surface area contributed by atoms with Crippen LogP contribution in [0.5, 0.6) is 0 Å². The second-order valence-electron chi connectivity index (χ2n) is 3.84. The van der Waals surface area contributed by atoms with Gasteiger partial charge in [0, 0.05) is 36.0 Å². The third-order valence-corrected chi connectivity index (χ3v) is 3.06. The molecule has 1 heterocycles. The number of halogens is 2. The van der Waals surface area contributed by atoms with E-state index in [0.717, 1.165) is 5.56 Å². The SMILES string of the molecule is CN(Cc1ccc(Cl)cc1Cl)C(=O)n1ccnc1. The van der Waals surface area contributed by atoms with E-state index in [9.17, 15) is 4.79 Å². The summed E-state index contributed by atoms with van der Waals surface area (Å²) in [7, 11) is 1.70. The van der Waals surface area contributed by atoms with Gasteiger partial charge in [-0.1, -0.05) is 29.3 Å². The van der Waals surface area contributed by atoms with E-state index >= 15 is 0 Å². The number of imidazole rings is 1. The van der Waals surface area contributed by atoms with Crippen molar-refractivity contribution in [2.24, 2.45) is 0 Å². The van der Waals surface area contributed by atoms with Crippen molar-refractivity contribution in [2.45, 2.75) is 6.54 Å². The summed E-state index contributed by atoms with van der Waals surface area (Å²) < 4.78 is 1.41. The molecule has 2 rings (SSSR count). The molecule has 0 aliphatic heterocycles. The van der Waals surface area contributed by atoms with Gasteiger partial charge in [-0.25, -0.2) is 9.78 Å². The predicted molar refractivity (Wildman–Crippen MR) is 71.0 cm³/mol. The van der Waals surface area contributed by atoms with E-state index in [2.05, 4.69) is 4.98 Å². The largest absolute Gasteiger partial charge is 0.329 e. The number of carbonyl (C=O) groups is 1. The van der Waals surface area contributed by atoms with Gasteiger partial charge in [-0.2, -0.15) is 0 Å². The quantitative estimate of drug-likeness (QED) is 0.848. The second kappa shape index (κ2) is 5.42. The van der Waals surface area contributed by atoms with Gasteiger partial charge in [-0.05, 0) is 17.7 Å². The first kappa shape index (κ1) is 12.9. The molecule has 0 atom stereocenters. The Hall–Kier alpha value is -1.52. The maximum absolute atomic E-state index is 12.0. The molecule has 0 spiro atoms. The first-order valence-corrected chi connectivity index (χ1v) is 6.01. The van der Waals surface area contributed by atoms with Crippen LogP contribution in [0.25, 0.3) is 0 Å². The van der Waals surface area contributed by atoms with E-state index in [0.29, 0.717) is 16.6 Å². The molecule has 0 unspecified atom stereocenters. The lowest BCUT2D eigenvalue weighted by atomic mass is 10.2. The number of carbonyl (C=O) groups excluding carboxylic acids is 1. The molecule has 6 heteroatoms. The number of hydrogen-bond acceptors (Lipinski definition) is 2. The van der Waals surface area contributed by atoms with Gasteiger partial charge in [0.05, 0.1) is 0 Å². The molecule has 1 amide bonds. The van der Waals surface area contributed by atoms with E-state index < -0.39 is 0 Å². The molecular formula is C12H11Cl2N3O. The minimum absolute atomic E-state index is 0.168. The molecule has 0 aliphatic carbocycles. The molecule has 0 aliphatic rings. The third-order valence-electron chi connectivity index (χ3n) is 2.47. The van der Waals surface area contributed by atoms with Crippen molar-refractivity contribution in [3.63, 3.8) is 0 Å². The number of nitrogens with zero attached hydrogens (tertiary/aromatic N) is 3. The zero-order valence-corrected chi connectivity index (χ0v) is 11.2. The molecule has 1 aromatic carbocycles. The Morgan fingerprint density at radius 1 is 1.44 bits per heavy atom. The fourth-order valence-corrected chi connectivity index (χ4v) is 2.01. The number of rotatable bonds is 2. The van der Waals surface area contributed by atoms with Crippen molar-refractivity contribution in [1.29, 1.82) is 0 Å². The fraction of sp³-hybridized carbons (Fsp3) is 0.167. The molecule has 0 N–H and O–H groups in total. The monoisotopic (exact) mass is 283 g/mol. The maximum atomic E-state index is 12.0. The topological polar surface area (TPSA) is 38.1 Å². The Kier molecular flexibility index (Phi) is 3.89. The van der Waals surface area contributed by atoms with E-state index in [1.54, 1.807) is 36.5 Å². The number of amides is 1.